The zero-order valence-electron chi connectivity index (χ0n) is 11.5. The van der Waals surface area contributed by atoms with E-state index in [1.165, 1.54) is 29.3 Å². The van der Waals surface area contributed by atoms with Gasteiger partial charge in [-0.15, -0.1) is 0 Å². The Labute approximate surface area is 119 Å². The van der Waals surface area contributed by atoms with Crippen molar-refractivity contribution in [2.24, 2.45) is 5.41 Å². The molecule has 1 saturated carbocycles. The Balaban J connectivity index is 2.33. The third-order valence-corrected chi connectivity index (χ3v) is 4.63. The van der Waals surface area contributed by atoms with Crippen LogP contribution in [0.15, 0.2) is 28.7 Å². The maximum absolute atomic E-state index is 3.59. The molecule has 2 rings (SSSR count). The summed E-state index contributed by atoms with van der Waals surface area (Å²) >= 11 is 3.59. The molecule has 0 aliphatic heterocycles. The molecule has 1 atom stereocenters. The third-order valence-electron chi connectivity index (χ3n) is 4.14. The van der Waals surface area contributed by atoms with Gasteiger partial charge in [0.15, 0.2) is 0 Å². The molecule has 1 N–H and O–H groups in total. The zero-order valence-corrected chi connectivity index (χ0v) is 13.1. The van der Waals surface area contributed by atoms with Crippen molar-refractivity contribution in [2.45, 2.75) is 25.3 Å². The molecule has 1 fully saturated rings. The lowest BCUT2D eigenvalue weighted by molar-refractivity contribution is 0.0216. The number of hydrogen-bond acceptors (Lipinski definition) is 2. The first-order valence-corrected chi connectivity index (χ1v) is 7.45. The smallest absolute Gasteiger partial charge is 0.0410 e. The summed E-state index contributed by atoms with van der Waals surface area (Å²) in [4.78, 5) is 2.37. The van der Waals surface area contributed by atoms with Crippen molar-refractivity contribution in [2.75, 3.05) is 27.7 Å². The summed E-state index contributed by atoms with van der Waals surface area (Å²) in [5, 5.41) is 3.39. The number of hydrogen-bond donors (Lipinski definition) is 1. The van der Waals surface area contributed by atoms with E-state index < -0.39 is 0 Å². The molecule has 0 heterocycles. The quantitative estimate of drug-likeness (QED) is 0.896. The number of rotatable bonds is 5. The van der Waals surface area contributed by atoms with Crippen LogP contribution in [-0.4, -0.2) is 32.6 Å². The second kappa shape index (κ2) is 5.72. The van der Waals surface area contributed by atoms with Gasteiger partial charge in [0.25, 0.3) is 0 Å². The number of benzene rings is 1. The van der Waals surface area contributed by atoms with Gasteiger partial charge in [-0.1, -0.05) is 34.5 Å². The third kappa shape index (κ3) is 2.63. The van der Waals surface area contributed by atoms with Gasteiger partial charge in [-0.25, -0.2) is 0 Å². The van der Waals surface area contributed by atoms with Gasteiger partial charge in [-0.2, -0.15) is 0 Å². The normalized spacial score (nSPS) is 19.6. The van der Waals surface area contributed by atoms with E-state index in [9.17, 15) is 0 Å². The molecule has 100 valence electrons. The fraction of sp³-hybridized carbons (Fsp3) is 0.600. The Bertz CT molecular complexity index is 399. The van der Waals surface area contributed by atoms with E-state index in [4.69, 9.17) is 0 Å². The Morgan fingerprint density at radius 3 is 2.56 bits per heavy atom. The topological polar surface area (TPSA) is 15.3 Å². The molecule has 2 nitrogen and oxygen atoms in total. The van der Waals surface area contributed by atoms with Gasteiger partial charge in [0, 0.05) is 22.5 Å². The van der Waals surface area contributed by atoms with Crippen LogP contribution in [0.1, 0.15) is 30.9 Å². The molecular formula is C15H23BrN2. The monoisotopic (exact) mass is 310 g/mol. The van der Waals surface area contributed by atoms with E-state index in [2.05, 4.69) is 71.6 Å². The second-order valence-electron chi connectivity index (χ2n) is 5.67. The lowest BCUT2D eigenvalue weighted by Crippen LogP contribution is -2.48. The molecule has 0 amide bonds. The Kier molecular flexibility index (Phi) is 4.46. The van der Waals surface area contributed by atoms with Gasteiger partial charge in [0.1, 0.15) is 0 Å². The molecule has 1 aliphatic carbocycles. The van der Waals surface area contributed by atoms with Gasteiger partial charge < -0.3 is 10.2 Å². The first kappa shape index (κ1) is 14.0. The molecule has 1 aliphatic rings. The van der Waals surface area contributed by atoms with Gasteiger partial charge in [-0.3, -0.25) is 0 Å². The lowest BCUT2D eigenvalue weighted by atomic mass is 9.62. The van der Waals surface area contributed by atoms with E-state index in [0.29, 0.717) is 11.5 Å². The summed E-state index contributed by atoms with van der Waals surface area (Å²) in [6.45, 7) is 1.10. The van der Waals surface area contributed by atoms with Crippen LogP contribution < -0.4 is 5.32 Å². The first-order valence-electron chi connectivity index (χ1n) is 6.65. The standard InChI is InChI=1S/C15H23BrN2/c1-17-11-15(8-5-9-15)14(18(2)3)12-6-4-7-13(16)10-12/h4,6-7,10,14,17H,5,8-9,11H2,1-3H3. The largest absolute Gasteiger partial charge is 0.319 e. The number of nitrogens with zero attached hydrogens (tertiary/aromatic N) is 1. The maximum Gasteiger partial charge on any atom is 0.0410 e. The minimum atomic E-state index is 0.402. The molecule has 0 spiro atoms. The molecule has 1 aromatic carbocycles. The Hall–Kier alpha value is -0.380. The fourth-order valence-electron chi connectivity index (χ4n) is 3.41. The molecule has 0 saturated heterocycles. The number of halogens is 1. The van der Waals surface area contributed by atoms with Crippen LogP contribution in [0.4, 0.5) is 0 Å². The highest BCUT2D eigenvalue weighted by atomic mass is 79.9. The fourth-order valence-corrected chi connectivity index (χ4v) is 3.82. The first-order chi connectivity index (χ1) is 8.59. The molecular weight excluding hydrogens is 288 g/mol. The molecule has 0 aromatic heterocycles. The van der Waals surface area contributed by atoms with Crippen molar-refractivity contribution >= 4 is 15.9 Å². The van der Waals surface area contributed by atoms with Crippen LogP contribution in [-0.2, 0) is 0 Å². The van der Waals surface area contributed by atoms with Crippen LogP contribution in [0.3, 0.4) is 0 Å². The van der Waals surface area contributed by atoms with Gasteiger partial charge >= 0.3 is 0 Å². The van der Waals surface area contributed by atoms with Crippen molar-refractivity contribution < 1.29 is 0 Å². The molecule has 1 aromatic rings. The highest BCUT2D eigenvalue weighted by Crippen LogP contribution is 2.51. The summed E-state index contributed by atoms with van der Waals surface area (Å²) in [7, 11) is 6.45. The maximum atomic E-state index is 3.59. The summed E-state index contributed by atoms with van der Waals surface area (Å²) in [6.07, 6.45) is 4.01. The zero-order chi connectivity index (χ0) is 13.2. The summed E-state index contributed by atoms with van der Waals surface area (Å²) < 4.78 is 1.17. The summed E-state index contributed by atoms with van der Waals surface area (Å²) in [6, 6.07) is 9.26. The van der Waals surface area contributed by atoms with Crippen LogP contribution in [0, 0.1) is 5.41 Å². The second-order valence-corrected chi connectivity index (χ2v) is 6.58. The lowest BCUT2D eigenvalue weighted by Gasteiger charge is -2.50. The van der Waals surface area contributed by atoms with Crippen LogP contribution in [0.2, 0.25) is 0 Å². The Morgan fingerprint density at radius 2 is 2.11 bits per heavy atom. The molecule has 1 unspecified atom stereocenters. The SMILES string of the molecule is CNCC1(C(c2cccc(Br)c2)N(C)C)CCC1. The minimum Gasteiger partial charge on any atom is -0.319 e. The van der Waals surface area contributed by atoms with Crippen LogP contribution in [0.5, 0.6) is 0 Å². The van der Waals surface area contributed by atoms with Gasteiger partial charge in [-0.05, 0) is 51.7 Å². The van der Waals surface area contributed by atoms with Crippen molar-refractivity contribution in [1.29, 1.82) is 0 Å². The van der Waals surface area contributed by atoms with Crippen molar-refractivity contribution in [3.05, 3.63) is 34.3 Å². The molecule has 18 heavy (non-hydrogen) atoms. The van der Waals surface area contributed by atoms with Crippen molar-refractivity contribution in [3.63, 3.8) is 0 Å². The van der Waals surface area contributed by atoms with Crippen LogP contribution in [0.25, 0.3) is 0 Å². The van der Waals surface area contributed by atoms with E-state index in [1.807, 2.05) is 0 Å². The van der Waals surface area contributed by atoms with E-state index >= 15 is 0 Å². The average molecular weight is 311 g/mol. The minimum absolute atomic E-state index is 0.402. The Morgan fingerprint density at radius 1 is 1.39 bits per heavy atom. The van der Waals surface area contributed by atoms with Crippen LogP contribution >= 0.6 is 15.9 Å². The van der Waals surface area contributed by atoms with Crippen molar-refractivity contribution in [3.8, 4) is 0 Å². The van der Waals surface area contributed by atoms with Gasteiger partial charge in [0.2, 0.25) is 0 Å². The van der Waals surface area contributed by atoms with Gasteiger partial charge in [0.05, 0.1) is 0 Å². The average Bonchev–Trinajstić information content (AvgIpc) is 2.25. The number of nitrogens with one attached hydrogen (secondary N) is 1. The summed E-state index contributed by atoms with van der Waals surface area (Å²) in [5.74, 6) is 0. The molecule has 0 bridgehead atoms. The predicted molar refractivity (Wildman–Crippen MR) is 80.8 cm³/mol. The molecule has 3 heteroatoms. The summed E-state index contributed by atoms with van der Waals surface area (Å²) in [5.41, 5.74) is 1.82. The highest BCUT2D eigenvalue weighted by molar-refractivity contribution is 9.10. The highest BCUT2D eigenvalue weighted by Gasteiger charge is 2.45. The predicted octanol–water partition coefficient (Wildman–Crippen LogP) is 3.44. The van der Waals surface area contributed by atoms with E-state index in [-0.39, 0.29) is 0 Å². The van der Waals surface area contributed by atoms with Crippen molar-refractivity contribution in [1.82, 2.24) is 10.2 Å². The molecule has 0 radical (unpaired) electrons. The van der Waals surface area contributed by atoms with E-state index in [0.717, 1.165) is 6.54 Å². The van der Waals surface area contributed by atoms with E-state index in [1.54, 1.807) is 0 Å².